The van der Waals surface area contributed by atoms with Gasteiger partial charge in [-0.05, 0) is 6.40 Å². The van der Waals surface area contributed by atoms with E-state index in [1.165, 1.54) is 6.92 Å². The van der Waals surface area contributed by atoms with E-state index in [0.717, 1.165) is 0 Å². The lowest BCUT2D eigenvalue weighted by Crippen LogP contribution is -2.52. The highest BCUT2D eigenvalue weighted by Crippen LogP contribution is 2.32. The quantitative estimate of drug-likeness (QED) is 0.353. The van der Waals surface area contributed by atoms with Crippen molar-refractivity contribution < 1.29 is 31.6 Å². The van der Waals surface area contributed by atoms with Gasteiger partial charge in [0.1, 0.15) is 24.4 Å². The fourth-order valence-electron chi connectivity index (χ4n) is 1.46. The number of hydrogen-bond acceptors (Lipinski definition) is 6. The summed E-state index contributed by atoms with van der Waals surface area (Å²) in [7, 11) is 0. The van der Waals surface area contributed by atoms with Crippen LogP contribution in [0.5, 0.6) is 0 Å². The lowest BCUT2D eigenvalue weighted by molar-refractivity contribution is -0.278. The normalized spacial score (nSPS) is 48.7. The predicted molar refractivity (Wildman–Crippen MR) is 45.2 cm³/mol. The Kier molecular flexibility index (Phi) is 3.01. The summed E-state index contributed by atoms with van der Waals surface area (Å²) in [6, 6.07) is 0. The second-order valence-corrected chi connectivity index (χ2v) is 3.30. The Labute approximate surface area is 82.8 Å². The molecule has 0 saturated carbocycles. The number of aliphatic hydroxyl groups is 5. The largest absolute Gasteiger partial charge is 0.394 e. The van der Waals surface area contributed by atoms with E-state index in [4.69, 9.17) is 11.2 Å². The molecule has 1 rings (SSSR count). The molecule has 0 spiro atoms. The third-order valence-electron chi connectivity index (χ3n) is 2.39. The second-order valence-electron chi connectivity index (χ2n) is 3.30. The minimum Gasteiger partial charge on any atom is -0.394 e. The Morgan fingerprint density at radius 2 is 2.14 bits per heavy atom. The molecule has 0 bridgehead atoms. The van der Waals surface area contributed by atoms with Crippen LogP contribution in [0.15, 0.2) is 0 Å². The average molecular weight is 209 g/mol. The molecule has 0 aromatic heterocycles. The van der Waals surface area contributed by atoms with Crippen LogP contribution in [0.3, 0.4) is 0 Å². The predicted octanol–water partition coefficient (Wildman–Crippen LogP) is -2.44. The molecular weight excluding hydrogens is 192 g/mol. The fourth-order valence-corrected chi connectivity index (χ4v) is 1.46. The first kappa shape index (κ1) is 10.3. The molecule has 0 aromatic rings. The van der Waals surface area contributed by atoms with E-state index in [0.29, 0.717) is 0 Å². The lowest BCUT2D eigenvalue weighted by Gasteiger charge is -2.30. The highest BCUT2D eigenvalue weighted by atomic mass is 16.7. The van der Waals surface area contributed by atoms with E-state index in [1.807, 2.05) is 0 Å². The molecule has 0 radical (unpaired) electrons. The summed E-state index contributed by atoms with van der Waals surface area (Å²) in [6.07, 6.45) is -7.18. The molecule has 6 nitrogen and oxygen atoms in total. The van der Waals surface area contributed by atoms with Crippen LogP contribution in [0.1, 0.15) is 14.7 Å². The maximum absolute atomic E-state index is 9.76. The highest BCUT2D eigenvalue weighted by molar-refractivity contribution is 4.98. The van der Waals surface area contributed by atoms with Crippen LogP contribution >= 0.6 is 0 Å². The van der Waals surface area contributed by atoms with Crippen LogP contribution < -0.4 is 0 Å². The standard InChI is InChI=1S/C8H16O6/c1-2-5(10)8(13)7(12)6(11)4(3-9)14-8/h4-7,9-13H,2-3H2,1H3/t4-,5?,6-,7+,8?/m1/s1/i2D/t2?,4-,5?,6-,7+,8?. The van der Waals surface area contributed by atoms with Gasteiger partial charge < -0.3 is 30.3 Å². The van der Waals surface area contributed by atoms with Crippen LogP contribution in [0, 0.1) is 0 Å². The van der Waals surface area contributed by atoms with Crippen molar-refractivity contribution in [3.8, 4) is 0 Å². The molecule has 14 heavy (non-hydrogen) atoms. The van der Waals surface area contributed by atoms with Crippen molar-refractivity contribution >= 4 is 0 Å². The zero-order valence-electron chi connectivity index (χ0n) is 8.74. The summed E-state index contributed by atoms with van der Waals surface area (Å²) in [6.45, 7) is 0.705. The highest BCUT2D eigenvalue weighted by Gasteiger charge is 2.56. The monoisotopic (exact) mass is 209 g/mol. The van der Waals surface area contributed by atoms with Crippen molar-refractivity contribution in [1.29, 1.82) is 0 Å². The SMILES string of the molecule is [2H]C(C)C(O)C1(O)O[C@H](CO)[C@@H](O)[C@@H]1O. The molecule has 1 heterocycles. The zero-order valence-corrected chi connectivity index (χ0v) is 7.74. The maximum atomic E-state index is 9.76. The van der Waals surface area contributed by atoms with Gasteiger partial charge in [0.15, 0.2) is 0 Å². The summed E-state index contributed by atoms with van der Waals surface area (Å²) in [4.78, 5) is 0. The van der Waals surface area contributed by atoms with Crippen molar-refractivity contribution in [2.45, 2.75) is 43.5 Å². The summed E-state index contributed by atoms with van der Waals surface area (Å²) in [5.41, 5.74) is 0. The Morgan fingerprint density at radius 1 is 1.57 bits per heavy atom. The van der Waals surface area contributed by atoms with Gasteiger partial charge in [0.05, 0.1) is 6.61 Å². The smallest absolute Gasteiger partial charge is 0.222 e. The maximum Gasteiger partial charge on any atom is 0.222 e. The number of hydrogen-bond donors (Lipinski definition) is 5. The van der Waals surface area contributed by atoms with Crippen molar-refractivity contribution in [2.75, 3.05) is 6.61 Å². The molecular formula is C8H16O6. The van der Waals surface area contributed by atoms with Crippen molar-refractivity contribution in [3.05, 3.63) is 0 Å². The molecule has 6 heteroatoms. The van der Waals surface area contributed by atoms with E-state index in [9.17, 15) is 20.4 Å². The van der Waals surface area contributed by atoms with Crippen molar-refractivity contribution in [3.63, 3.8) is 0 Å². The molecule has 0 aliphatic carbocycles. The molecule has 84 valence electrons. The van der Waals surface area contributed by atoms with Crippen molar-refractivity contribution in [2.24, 2.45) is 0 Å². The molecule has 1 saturated heterocycles. The molecule has 0 aromatic carbocycles. The molecule has 6 atom stereocenters. The van der Waals surface area contributed by atoms with Gasteiger partial charge in [0, 0.05) is 1.37 Å². The minimum atomic E-state index is -2.41. The Balaban J connectivity index is 2.86. The molecule has 5 N–H and O–H groups in total. The zero-order chi connectivity index (χ0) is 11.8. The van der Waals surface area contributed by atoms with Crippen LogP contribution in [-0.2, 0) is 4.74 Å². The number of ether oxygens (including phenoxy) is 1. The minimum absolute atomic E-state index is 0.598. The van der Waals surface area contributed by atoms with E-state index in [2.05, 4.69) is 0 Å². The van der Waals surface area contributed by atoms with Crippen LogP contribution in [-0.4, -0.2) is 62.3 Å². The Hall–Kier alpha value is -0.240. The molecule has 3 unspecified atom stereocenters. The molecule has 1 aliphatic rings. The van der Waals surface area contributed by atoms with Gasteiger partial charge in [-0.1, -0.05) is 6.92 Å². The van der Waals surface area contributed by atoms with Gasteiger partial charge >= 0.3 is 0 Å². The van der Waals surface area contributed by atoms with Gasteiger partial charge in [-0.25, -0.2) is 0 Å². The van der Waals surface area contributed by atoms with Gasteiger partial charge in [0.25, 0.3) is 0 Å². The van der Waals surface area contributed by atoms with Gasteiger partial charge in [-0.3, -0.25) is 0 Å². The second kappa shape index (κ2) is 4.09. The summed E-state index contributed by atoms with van der Waals surface area (Å²) in [5, 5.41) is 46.8. The first-order valence-corrected chi connectivity index (χ1v) is 4.32. The average Bonchev–Trinajstić information content (AvgIpc) is 2.42. The van der Waals surface area contributed by atoms with Gasteiger partial charge in [0.2, 0.25) is 5.79 Å². The molecule has 1 fully saturated rings. The van der Waals surface area contributed by atoms with Crippen LogP contribution in [0.4, 0.5) is 0 Å². The third-order valence-corrected chi connectivity index (χ3v) is 2.39. The number of rotatable bonds is 3. The summed E-state index contributed by atoms with van der Waals surface area (Å²) in [5.74, 6) is -2.41. The summed E-state index contributed by atoms with van der Waals surface area (Å²) >= 11 is 0. The van der Waals surface area contributed by atoms with Crippen LogP contribution in [0.25, 0.3) is 0 Å². The van der Waals surface area contributed by atoms with E-state index < -0.39 is 43.2 Å². The Morgan fingerprint density at radius 3 is 2.50 bits per heavy atom. The first-order chi connectivity index (χ1) is 6.84. The fraction of sp³-hybridized carbons (Fsp3) is 1.00. The Bertz CT molecular complexity index is 225. The van der Waals surface area contributed by atoms with E-state index in [1.54, 1.807) is 0 Å². The topological polar surface area (TPSA) is 110 Å². The van der Waals surface area contributed by atoms with E-state index >= 15 is 0 Å². The van der Waals surface area contributed by atoms with Gasteiger partial charge in [-0.15, -0.1) is 0 Å². The van der Waals surface area contributed by atoms with Gasteiger partial charge in [-0.2, -0.15) is 0 Å². The van der Waals surface area contributed by atoms with E-state index in [-0.39, 0.29) is 0 Å². The summed E-state index contributed by atoms with van der Waals surface area (Å²) < 4.78 is 12.0. The molecule has 1 aliphatic heterocycles. The third kappa shape index (κ3) is 1.65. The first-order valence-electron chi connectivity index (χ1n) is 4.89. The lowest BCUT2D eigenvalue weighted by atomic mass is 9.99. The number of aliphatic hydroxyl groups excluding tert-OH is 4. The van der Waals surface area contributed by atoms with Crippen molar-refractivity contribution in [1.82, 2.24) is 0 Å². The van der Waals surface area contributed by atoms with Crippen LogP contribution in [0.2, 0.25) is 0 Å². The molecule has 0 amide bonds.